The Morgan fingerprint density at radius 2 is 1.93 bits per heavy atom. The van der Waals surface area contributed by atoms with Crippen molar-refractivity contribution in [2.45, 2.75) is 40.0 Å². The SMILES string of the molecule is CCC(=O)N1CCC(C(C)(C)CN)CC1. The van der Waals surface area contributed by atoms with Crippen molar-refractivity contribution < 1.29 is 4.79 Å². The van der Waals surface area contributed by atoms with Gasteiger partial charge in [0.05, 0.1) is 0 Å². The normalized spacial score (nSPS) is 19.3. The van der Waals surface area contributed by atoms with Crippen LogP contribution in [0, 0.1) is 11.3 Å². The molecule has 3 nitrogen and oxygen atoms in total. The van der Waals surface area contributed by atoms with Gasteiger partial charge < -0.3 is 10.6 Å². The molecule has 0 unspecified atom stereocenters. The Morgan fingerprint density at radius 1 is 1.40 bits per heavy atom. The van der Waals surface area contributed by atoms with E-state index >= 15 is 0 Å². The van der Waals surface area contributed by atoms with Crippen molar-refractivity contribution >= 4 is 5.91 Å². The Morgan fingerprint density at radius 3 is 2.33 bits per heavy atom. The molecule has 0 atom stereocenters. The number of carbonyl (C=O) groups is 1. The van der Waals surface area contributed by atoms with Gasteiger partial charge in [0.2, 0.25) is 5.91 Å². The summed E-state index contributed by atoms with van der Waals surface area (Å²) in [7, 11) is 0. The Labute approximate surface area is 93.0 Å². The van der Waals surface area contributed by atoms with E-state index in [9.17, 15) is 4.79 Å². The standard InChI is InChI=1S/C12H24N2O/c1-4-11(15)14-7-5-10(6-8-14)12(2,3)9-13/h10H,4-9,13H2,1-3H3. The van der Waals surface area contributed by atoms with Crippen molar-refractivity contribution in [3.8, 4) is 0 Å². The fraction of sp³-hybridized carbons (Fsp3) is 0.917. The molecule has 1 aliphatic rings. The lowest BCUT2D eigenvalue weighted by molar-refractivity contribution is -0.132. The van der Waals surface area contributed by atoms with Gasteiger partial charge in [0.15, 0.2) is 0 Å². The van der Waals surface area contributed by atoms with Gasteiger partial charge in [0, 0.05) is 19.5 Å². The summed E-state index contributed by atoms with van der Waals surface area (Å²) in [6.07, 6.45) is 2.84. The van der Waals surface area contributed by atoms with Gasteiger partial charge in [0.1, 0.15) is 0 Å². The number of nitrogens with two attached hydrogens (primary N) is 1. The third-order valence-electron chi connectivity index (χ3n) is 3.78. The largest absolute Gasteiger partial charge is 0.343 e. The average molecular weight is 212 g/mol. The summed E-state index contributed by atoms with van der Waals surface area (Å²) >= 11 is 0. The van der Waals surface area contributed by atoms with Gasteiger partial charge in [-0.05, 0) is 30.7 Å². The number of carbonyl (C=O) groups excluding carboxylic acids is 1. The van der Waals surface area contributed by atoms with Gasteiger partial charge >= 0.3 is 0 Å². The number of hydrogen-bond donors (Lipinski definition) is 1. The van der Waals surface area contributed by atoms with Crippen LogP contribution < -0.4 is 5.73 Å². The van der Waals surface area contributed by atoms with Gasteiger partial charge in [0.25, 0.3) is 0 Å². The van der Waals surface area contributed by atoms with E-state index in [0.29, 0.717) is 18.2 Å². The van der Waals surface area contributed by atoms with E-state index in [2.05, 4.69) is 13.8 Å². The second kappa shape index (κ2) is 4.97. The Balaban J connectivity index is 2.46. The third kappa shape index (κ3) is 2.94. The second-order valence-corrected chi connectivity index (χ2v) is 5.20. The molecule has 0 aromatic rings. The molecule has 1 rings (SSSR count). The van der Waals surface area contributed by atoms with Gasteiger partial charge in [-0.1, -0.05) is 20.8 Å². The first-order chi connectivity index (χ1) is 7.01. The van der Waals surface area contributed by atoms with Crippen LogP contribution in [0.5, 0.6) is 0 Å². The van der Waals surface area contributed by atoms with Gasteiger partial charge in [-0.2, -0.15) is 0 Å². The van der Waals surface area contributed by atoms with Crippen molar-refractivity contribution in [2.24, 2.45) is 17.1 Å². The molecule has 0 spiro atoms. The lowest BCUT2D eigenvalue weighted by atomic mass is 9.74. The fourth-order valence-electron chi connectivity index (χ4n) is 2.30. The first-order valence-electron chi connectivity index (χ1n) is 5.99. The number of nitrogens with zero attached hydrogens (tertiary/aromatic N) is 1. The smallest absolute Gasteiger partial charge is 0.222 e. The second-order valence-electron chi connectivity index (χ2n) is 5.20. The first-order valence-corrected chi connectivity index (χ1v) is 5.99. The summed E-state index contributed by atoms with van der Waals surface area (Å²) < 4.78 is 0. The molecular weight excluding hydrogens is 188 g/mol. The molecule has 15 heavy (non-hydrogen) atoms. The van der Waals surface area contributed by atoms with E-state index in [1.54, 1.807) is 0 Å². The highest BCUT2D eigenvalue weighted by molar-refractivity contribution is 5.75. The summed E-state index contributed by atoms with van der Waals surface area (Å²) in [6, 6.07) is 0. The average Bonchev–Trinajstić information content (AvgIpc) is 2.28. The summed E-state index contributed by atoms with van der Waals surface area (Å²) in [4.78, 5) is 13.5. The summed E-state index contributed by atoms with van der Waals surface area (Å²) in [6.45, 7) is 8.96. The maximum absolute atomic E-state index is 11.5. The van der Waals surface area contributed by atoms with Crippen LogP contribution >= 0.6 is 0 Å². The van der Waals surface area contributed by atoms with Gasteiger partial charge in [-0.25, -0.2) is 0 Å². The highest BCUT2D eigenvalue weighted by Crippen LogP contribution is 2.33. The Kier molecular flexibility index (Phi) is 4.14. The minimum Gasteiger partial charge on any atom is -0.343 e. The van der Waals surface area contributed by atoms with E-state index in [1.807, 2.05) is 11.8 Å². The molecule has 0 aromatic heterocycles. The van der Waals surface area contributed by atoms with E-state index in [1.165, 1.54) is 0 Å². The molecule has 1 fully saturated rings. The zero-order chi connectivity index (χ0) is 11.5. The molecule has 1 aliphatic heterocycles. The van der Waals surface area contributed by atoms with Gasteiger partial charge in [-0.15, -0.1) is 0 Å². The third-order valence-corrected chi connectivity index (χ3v) is 3.78. The molecule has 1 saturated heterocycles. The van der Waals surface area contributed by atoms with Crippen LogP contribution in [0.2, 0.25) is 0 Å². The topological polar surface area (TPSA) is 46.3 Å². The molecule has 0 aromatic carbocycles. The van der Waals surface area contributed by atoms with E-state index in [0.717, 1.165) is 32.5 Å². The van der Waals surface area contributed by atoms with Crippen molar-refractivity contribution in [1.29, 1.82) is 0 Å². The summed E-state index contributed by atoms with van der Waals surface area (Å²) in [5.74, 6) is 0.961. The lowest BCUT2D eigenvalue weighted by Crippen LogP contribution is -2.43. The quantitative estimate of drug-likeness (QED) is 0.772. The summed E-state index contributed by atoms with van der Waals surface area (Å²) in [5, 5.41) is 0. The predicted molar refractivity (Wildman–Crippen MR) is 62.4 cm³/mol. The molecule has 0 radical (unpaired) electrons. The molecule has 3 heteroatoms. The molecule has 0 saturated carbocycles. The van der Waals surface area contributed by atoms with Gasteiger partial charge in [-0.3, -0.25) is 4.79 Å². The predicted octanol–water partition coefficient (Wildman–Crippen LogP) is 1.62. The molecular formula is C12H24N2O. The zero-order valence-corrected chi connectivity index (χ0v) is 10.3. The molecule has 0 aliphatic carbocycles. The van der Waals surface area contributed by atoms with Crippen molar-refractivity contribution in [2.75, 3.05) is 19.6 Å². The van der Waals surface area contributed by atoms with Crippen molar-refractivity contribution in [3.63, 3.8) is 0 Å². The fourth-order valence-corrected chi connectivity index (χ4v) is 2.30. The number of amides is 1. The van der Waals surface area contributed by atoms with Crippen molar-refractivity contribution in [1.82, 2.24) is 4.90 Å². The maximum Gasteiger partial charge on any atom is 0.222 e. The monoisotopic (exact) mass is 212 g/mol. The minimum atomic E-state index is 0.224. The maximum atomic E-state index is 11.5. The number of likely N-dealkylation sites (tertiary alicyclic amines) is 1. The Hall–Kier alpha value is -0.570. The molecule has 88 valence electrons. The number of hydrogen-bond acceptors (Lipinski definition) is 2. The van der Waals surface area contributed by atoms with E-state index in [4.69, 9.17) is 5.73 Å². The highest BCUT2D eigenvalue weighted by Gasteiger charge is 2.32. The summed E-state index contributed by atoms with van der Waals surface area (Å²) in [5.41, 5.74) is 6.00. The minimum absolute atomic E-state index is 0.224. The van der Waals surface area contributed by atoms with E-state index < -0.39 is 0 Å². The molecule has 1 heterocycles. The van der Waals surface area contributed by atoms with Crippen LogP contribution in [0.4, 0.5) is 0 Å². The van der Waals surface area contributed by atoms with Crippen LogP contribution in [-0.2, 0) is 4.79 Å². The highest BCUT2D eigenvalue weighted by atomic mass is 16.2. The van der Waals surface area contributed by atoms with Crippen LogP contribution in [-0.4, -0.2) is 30.4 Å². The Bertz CT molecular complexity index is 218. The van der Waals surface area contributed by atoms with Crippen LogP contribution in [0.15, 0.2) is 0 Å². The number of rotatable bonds is 3. The zero-order valence-electron chi connectivity index (χ0n) is 10.3. The first kappa shape index (κ1) is 12.5. The molecule has 1 amide bonds. The van der Waals surface area contributed by atoms with Crippen molar-refractivity contribution in [3.05, 3.63) is 0 Å². The van der Waals surface area contributed by atoms with Crippen LogP contribution in [0.25, 0.3) is 0 Å². The van der Waals surface area contributed by atoms with Crippen LogP contribution in [0.1, 0.15) is 40.0 Å². The number of piperidine rings is 1. The van der Waals surface area contributed by atoms with Crippen LogP contribution in [0.3, 0.4) is 0 Å². The molecule has 2 N–H and O–H groups in total. The molecule has 0 bridgehead atoms. The lowest BCUT2D eigenvalue weighted by Gasteiger charge is -2.40. The van der Waals surface area contributed by atoms with E-state index in [-0.39, 0.29) is 5.41 Å².